The summed E-state index contributed by atoms with van der Waals surface area (Å²) in [6.07, 6.45) is 2.56. The highest BCUT2D eigenvalue weighted by Gasteiger charge is 2.55. The molecule has 1 fully saturated rings. The number of fused-ring (bicyclic) bond motifs is 1. The fourth-order valence-electron chi connectivity index (χ4n) is 1.89. The van der Waals surface area contributed by atoms with Gasteiger partial charge >= 0.3 is 0 Å². The maximum atomic E-state index is 5.45. The van der Waals surface area contributed by atoms with Crippen molar-refractivity contribution in [3.63, 3.8) is 0 Å². The second kappa shape index (κ2) is 2.23. The first-order valence-corrected chi connectivity index (χ1v) is 4.43. The maximum Gasteiger partial charge on any atom is 0.186 e. The zero-order valence-corrected chi connectivity index (χ0v) is 7.26. The molecular weight excluding hydrogens is 138 g/mol. The Morgan fingerprint density at radius 2 is 2.55 bits per heavy atom. The number of hydrogen-bond donors (Lipinski definition) is 0. The summed E-state index contributed by atoms with van der Waals surface area (Å²) in [5, 5.41) is 0. The van der Waals surface area contributed by atoms with Crippen LogP contribution in [0.3, 0.4) is 0 Å². The molecule has 0 N–H and O–H groups in total. The normalized spacial score (nSPS) is 40.9. The summed E-state index contributed by atoms with van der Waals surface area (Å²) in [4.78, 5) is 4.38. The van der Waals surface area contributed by atoms with Crippen LogP contribution in [0.2, 0.25) is 0 Å². The molecule has 0 bridgehead atoms. The van der Waals surface area contributed by atoms with Crippen molar-refractivity contribution in [1.82, 2.24) is 0 Å². The van der Waals surface area contributed by atoms with Crippen LogP contribution in [0.4, 0.5) is 0 Å². The first-order valence-electron chi connectivity index (χ1n) is 4.43. The van der Waals surface area contributed by atoms with Gasteiger partial charge in [0.15, 0.2) is 5.90 Å². The van der Waals surface area contributed by atoms with E-state index in [-0.39, 0.29) is 0 Å². The molecule has 0 aromatic rings. The number of aliphatic imine (C=N–C) groups is 1. The topological polar surface area (TPSA) is 21.6 Å². The molecule has 0 radical (unpaired) electrons. The van der Waals surface area contributed by atoms with Crippen LogP contribution in [0.25, 0.3) is 0 Å². The smallest absolute Gasteiger partial charge is 0.186 e. The quantitative estimate of drug-likeness (QED) is 0.563. The van der Waals surface area contributed by atoms with E-state index in [0.29, 0.717) is 11.3 Å². The molecule has 1 aliphatic carbocycles. The molecule has 2 unspecified atom stereocenters. The highest BCUT2D eigenvalue weighted by molar-refractivity contribution is 5.83. The molecule has 2 aliphatic rings. The van der Waals surface area contributed by atoms with E-state index in [1.165, 1.54) is 12.8 Å². The van der Waals surface area contributed by atoms with Crippen molar-refractivity contribution in [3.05, 3.63) is 0 Å². The summed E-state index contributed by atoms with van der Waals surface area (Å²) in [5.41, 5.74) is 0.562. The predicted octanol–water partition coefficient (Wildman–Crippen LogP) is 1.85. The third-order valence-corrected chi connectivity index (χ3v) is 2.89. The average Bonchev–Trinajstić information content (AvgIpc) is 2.63. The molecule has 0 aromatic heterocycles. The van der Waals surface area contributed by atoms with E-state index >= 15 is 0 Å². The summed E-state index contributed by atoms with van der Waals surface area (Å²) in [6, 6.07) is 0. The van der Waals surface area contributed by atoms with Crippen LogP contribution in [0, 0.1) is 11.3 Å². The van der Waals surface area contributed by atoms with Gasteiger partial charge in [-0.15, -0.1) is 0 Å². The molecule has 1 heterocycles. The summed E-state index contributed by atoms with van der Waals surface area (Å²) in [7, 11) is 0. The van der Waals surface area contributed by atoms with Gasteiger partial charge in [-0.25, -0.2) is 0 Å². The van der Waals surface area contributed by atoms with Crippen molar-refractivity contribution < 1.29 is 4.74 Å². The molecule has 1 aliphatic heterocycles. The van der Waals surface area contributed by atoms with Gasteiger partial charge in [-0.1, -0.05) is 6.92 Å². The van der Waals surface area contributed by atoms with E-state index < -0.39 is 0 Å². The highest BCUT2D eigenvalue weighted by Crippen LogP contribution is 2.57. The summed E-state index contributed by atoms with van der Waals surface area (Å²) >= 11 is 0. The molecule has 0 saturated heterocycles. The minimum absolute atomic E-state index is 0.562. The van der Waals surface area contributed by atoms with Gasteiger partial charge in [-0.3, -0.25) is 4.99 Å². The molecule has 62 valence electrons. The summed E-state index contributed by atoms with van der Waals surface area (Å²) < 4.78 is 5.45. The Morgan fingerprint density at radius 1 is 1.73 bits per heavy atom. The third kappa shape index (κ3) is 1.05. The lowest BCUT2D eigenvalue weighted by molar-refractivity contribution is 0.296. The molecule has 1 saturated carbocycles. The van der Waals surface area contributed by atoms with Crippen molar-refractivity contribution in [3.8, 4) is 0 Å². The van der Waals surface area contributed by atoms with E-state index in [2.05, 4.69) is 11.9 Å². The van der Waals surface area contributed by atoms with E-state index in [1.807, 2.05) is 6.92 Å². The van der Waals surface area contributed by atoms with Crippen LogP contribution in [-0.2, 0) is 4.74 Å². The molecule has 2 nitrogen and oxygen atoms in total. The van der Waals surface area contributed by atoms with Crippen molar-refractivity contribution in [2.45, 2.75) is 26.7 Å². The molecule has 2 heteroatoms. The Bertz CT molecular complexity index is 200. The lowest BCUT2D eigenvalue weighted by Gasteiger charge is -2.16. The van der Waals surface area contributed by atoms with E-state index in [1.54, 1.807) is 0 Å². The average molecular weight is 153 g/mol. The van der Waals surface area contributed by atoms with Gasteiger partial charge in [-0.2, -0.15) is 0 Å². The standard InChI is InChI=1S/C9H15NO/c1-3-11-8-7-6-9(7,2)4-5-10-8/h7H,3-6H2,1-2H3. The second-order valence-electron chi connectivity index (χ2n) is 3.81. The minimum atomic E-state index is 0.562. The highest BCUT2D eigenvalue weighted by atomic mass is 16.5. The monoisotopic (exact) mass is 153 g/mol. The maximum absolute atomic E-state index is 5.45. The van der Waals surface area contributed by atoms with Crippen LogP contribution in [-0.4, -0.2) is 19.0 Å². The van der Waals surface area contributed by atoms with E-state index in [0.717, 1.165) is 19.0 Å². The van der Waals surface area contributed by atoms with Crippen molar-refractivity contribution in [2.75, 3.05) is 13.2 Å². The summed E-state index contributed by atoms with van der Waals surface area (Å²) in [5.74, 6) is 1.69. The number of nitrogens with zero attached hydrogens (tertiary/aromatic N) is 1. The minimum Gasteiger partial charge on any atom is -0.481 e. The lowest BCUT2D eigenvalue weighted by atomic mass is 10.0. The van der Waals surface area contributed by atoms with Gasteiger partial charge < -0.3 is 4.74 Å². The molecule has 2 atom stereocenters. The largest absolute Gasteiger partial charge is 0.481 e. The summed E-state index contributed by atoms with van der Waals surface area (Å²) in [6.45, 7) is 6.11. The van der Waals surface area contributed by atoms with E-state index in [4.69, 9.17) is 4.74 Å². The Kier molecular flexibility index (Phi) is 1.44. The van der Waals surface area contributed by atoms with Crippen molar-refractivity contribution in [1.29, 1.82) is 0 Å². The zero-order chi connectivity index (χ0) is 7.90. The first kappa shape index (κ1) is 7.14. The molecule has 0 amide bonds. The van der Waals surface area contributed by atoms with Gasteiger partial charge in [0.1, 0.15) is 0 Å². The van der Waals surface area contributed by atoms with Gasteiger partial charge in [0.2, 0.25) is 0 Å². The van der Waals surface area contributed by atoms with Crippen molar-refractivity contribution >= 4 is 5.90 Å². The lowest BCUT2D eigenvalue weighted by Crippen LogP contribution is -2.18. The molecule has 0 aromatic carbocycles. The predicted molar refractivity (Wildman–Crippen MR) is 44.8 cm³/mol. The second-order valence-corrected chi connectivity index (χ2v) is 3.81. The molecule has 2 rings (SSSR count). The van der Waals surface area contributed by atoms with Gasteiger partial charge in [-0.05, 0) is 25.2 Å². The molecular formula is C9H15NO. The van der Waals surface area contributed by atoms with Crippen LogP contribution >= 0.6 is 0 Å². The van der Waals surface area contributed by atoms with Crippen LogP contribution < -0.4 is 0 Å². The number of hydrogen-bond acceptors (Lipinski definition) is 2. The number of rotatable bonds is 1. The van der Waals surface area contributed by atoms with Crippen LogP contribution in [0.5, 0.6) is 0 Å². The Morgan fingerprint density at radius 3 is 3.27 bits per heavy atom. The first-order chi connectivity index (χ1) is 5.26. The number of ether oxygens (including phenoxy) is 1. The third-order valence-electron chi connectivity index (χ3n) is 2.89. The fourth-order valence-corrected chi connectivity index (χ4v) is 1.89. The Balaban J connectivity index is 2.05. The zero-order valence-electron chi connectivity index (χ0n) is 7.26. The van der Waals surface area contributed by atoms with Crippen LogP contribution in [0.1, 0.15) is 26.7 Å². The van der Waals surface area contributed by atoms with Gasteiger partial charge in [0.05, 0.1) is 6.61 Å². The van der Waals surface area contributed by atoms with E-state index in [9.17, 15) is 0 Å². The SMILES string of the molecule is CCOC1=NCCC2(C)CC12. The Labute approximate surface area is 67.7 Å². The molecule has 11 heavy (non-hydrogen) atoms. The van der Waals surface area contributed by atoms with Crippen LogP contribution in [0.15, 0.2) is 4.99 Å². The molecule has 0 spiro atoms. The fraction of sp³-hybridized carbons (Fsp3) is 0.889. The van der Waals surface area contributed by atoms with Crippen molar-refractivity contribution in [2.24, 2.45) is 16.3 Å². The van der Waals surface area contributed by atoms with Gasteiger partial charge in [0, 0.05) is 12.5 Å². The Hall–Kier alpha value is -0.530. The van der Waals surface area contributed by atoms with Gasteiger partial charge in [0.25, 0.3) is 0 Å².